The Hall–Kier alpha value is -3.32. The highest BCUT2D eigenvalue weighted by atomic mass is 16.4. The van der Waals surface area contributed by atoms with Crippen molar-refractivity contribution in [2.75, 3.05) is 11.4 Å². The number of aliphatic carboxylic acids is 1. The van der Waals surface area contributed by atoms with Crippen LogP contribution in [0.4, 0.5) is 11.4 Å². The predicted molar refractivity (Wildman–Crippen MR) is 110 cm³/mol. The van der Waals surface area contributed by atoms with Gasteiger partial charge in [0.05, 0.1) is 0 Å². The molecule has 1 N–H and O–H groups in total. The highest BCUT2D eigenvalue weighted by Crippen LogP contribution is 2.49. The van der Waals surface area contributed by atoms with Gasteiger partial charge in [0.25, 0.3) is 0 Å². The molecule has 2 atom stereocenters. The van der Waals surface area contributed by atoms with Gasteiger partial charge < -0.3 is 10.0 Å². The fourth-order valence-electron chi connectivity index (χ4n) is 4.48. The van der Waals surface area contributed by atoms with Crippen molar-refractivity contribution >= 4 is 23.4 Å². The van der Waals surface area contributed by atoms with Crippen molar-refractivity contribution in [2.24, 2.45) is 5.92 Å². The van der Waals surface area contributed by atoms with E-state index in [2.05, 4.69) is 47.4 Å². The topological polar surface area (TPSA) is 64.3 Å². The van der Waals surface area contributed by atoms with Crippen LogP contribution in [0.25, 0.3) is 6.08 Å². The number of rotatable bonds is 4. The lowest BCUT2D eigenvalue weighted by Crippen LogP contribution is -2.32. The van der Waals surface area contributed by atoms with Gasteiger partial charge in [-0.2, -0.15) is 5.26 Å². The summed E-state index contributed by atoms with van der Waals surface area (Å²) in [6.45, 7) is 1.06. The predicted octanol–water partition coefficient (Wildman–Crippen LogP) is 5.27. The first-order valence-corrected chi connectivity index (χ1v) is 9.65. The lowest BCUT2D eigenvalue weighted by Gasteiger charge is -2.38. The number of carboxylic acid groups (broad SMARTS) is 1. The standard InChI is InChI=1S/C24H22N2O2/c25-15-18(24(27)28)7-4-6-17-12-13-23-22(14-17)21-11-5-8-19(21)16-26(23)20-9-2-1-3-10-20/h1-4,6-7,9-10,12-14,19,21H,5,8,11,16H2,(H,27,28)/b6-4+,18-7+. The summed E-state index contributed by atoms with van der Waals surface area (Å²) in [5.41, 5.74) is 4.63. The van der Waals surface area contributed by atoms with E-state index in [4.69, 9.17) is 10.4 Å². The van der Waals surface area contributed by atoms with E-state index in [1.165, 1.54) is 42.3 Å². The minimum atomic E-state index is -1.20. The first kappa shape index (κ1) is 18.1. The number of anilines is 2. The SMILES string of the molecule is N#C/C(=C\C=C\c1ccc2c(c1)C1CCCC1CN2c1ccccc1)C(=O)O. The van der Waals surface area contributed by atoms with Crippen LogP contribution in [-0.4, -0.2) is 17.6 Å². The van der Waals surface area contributed by atoms with Gasteiger partial charge in [0.2, 0.25) is 0 Å². The monoisotopic (exact) mass is 370 g/mol. The number of nitriles is 1. The molecule has 0 aromatic heterocycles. The van der Waals surface area contributed by atoms with Crippen molar-refractivity contribution < 1.29 is 9.90 Å². The second-order valence-corrected chi connectivity index (χ2v) is 7.42. The van der Waals surface area contributed by atoms with Crippen LogP contribution >= 0.6 is 0 Å². The lowest BCUT2D eigenvalue weighted by atomic mass is 9.82. The smallest absolute Gasteiger partial charge is 0.346 e. The number of hydrogen-bond donors (Lipinski definition) is 1. The Kier molecular flexibility index (Phi) is 4.99. The largest absolute Gasteiger partial charge is 0.477 e. The molecule has 0 spiro atoms. The molecule has 4 rings (SSSR count). The Morgan fingerprint density at radius 2 is 2.00 bits per heavy atom. The number of hydrogen-bond acceptors (Lipinski definition) is 3. The molecule has 0 radical (unpaired) electrons. The third-order valence-electron chi connectivity index (χ3n) is 5.79. The molecule has 0 amide bonds. The molecule has 4 nitrogen and oxygen atoms in total. The Bertz CT molecular complexity index is 985. The molecule has 2 aliphatic rings. The van der Waals surface area contributed by atoms with Crippen molar-refractivity contribution in [3.8, 4) is 6.07 Å². The Morgan fingerprint density at radius 1 is 1.18 bits per heavy atom. The highest BCUT2D eigenvalue weighted by molar-refractivity contribution is 5.91. The van der Waals surface area contributed by atoms with E-state index in [1.807, 2.05) is 12.1 Å². The average molecular weight is 370 g/mol. The van der Waals surface area contributed by atoms with Gasteiger partial charge in [-0.3, -0.25) is 0 Å². The molecule has 1 heterocycles. The van der Waals surface area contributed by atoms with Gasteiger partial charge in [-0.15, -0.1) is 0 Å². The van der Waals surface area contributed by atoms with Crippen LogP contribution in [0.2, 0.25) is 0 Å². The fraction of sp³-hybridized carbons (Fsp3) is 0.250. The molecule has 1 aliphatic heterocycles. The zero-order chi connectivity index (χ0) is 19.5. The van der Waals surface area contributed by atoms with Crippen LogP contribution < -0.4 is 4.90 Å². The van der Waals surface area contributed by atoms with Gasteiger partial charge in [-0.25, -0.2) is 4.79 Å². The first-order valence-electron chi connectivity index (χ1n) is 9.65. The van der Waals surface area contributed by atoms with Crippen LogP contribution in [0.3, 0.4) is 0 Å². The lowest BCUT2D eigenvalue weighted by molar-refractivity contribution is -0.132. The number of carboxylic acids is 1. The number of allylic oxidation sites excluding steroid dienone is 2. The van der Waals surface area contributed by atoms with Crippen molar-refractivity contribution in [2.45, 2.75) is 25.2 Å². The molecule has 1 fully saturated rings. The Balaban J connectivity index is 1.69. The van der Waals surface area contributed by atoms with Gasteiger partial charge in [-0.05, 0) is 66.1 Å². The summed E-state index contributed by atoms with van der Waals surface area (Å²) in [5.74, 6) is 0.0569. The molecule has 1 saturated carbocycles. The van der Waals surface area contributed by atoms with E-state index in [9.17, 15) is 4.79 Å². The molecule has 0 bridgehead atoms. The van der Waals surface area contributed by atoms with Gasteiger partial charge in [-0.1, -0.05) is 42.8 Å². The Labute approximate surface area is 165 Å². The normalized spacial score (nSPS) is 21.2. The van der Waals surface area contributed by atoms with E-state index in [0.29, 0.717) is 11.8 Å². The van der Waals surface area contributed by atoms with E-state index < -0.39 is 5.97 Å². The summed E-state index contributed by atoms with van der Waals surface area (Å²) in [6.07, 6.45) is 8.61. The van der Waals surface area contributed by atoms with Gasteiger partial charge in [0, 0.05) is 17.9 Å². The number of carbonyl (C=O) groups is 1. The van der Waals surface area contributed by atoms with Gasteiger partial charge in [0.1, 0.15) is 11.6 Å². The van der Waals surface area contributed by atoms with Gasteiger partial charge in [0.15, 0.2) is 0 Å². The summed E-state index contributed by atoms with van der Waals surface area (Å²) >= 11 is 0. The molecule has 0 saturated heterocycles. The molecule has 140 valence electrons. The van der Waals surface area contributed by atoms with E-state index in [0.717, 1.165) is 12.1 Å². The third-order valence-corrected chi connectivity index (χ3v) is 5.79. The maximum absolute atomic E-state index is 10.9. The maximum Gasteiger partial charge on any atom is 0.346 e. The maximum atomic E-state index is 10.9. The third kappa shape index (κ3) is 3.44. The zero-order valence-corrected chi connectivity index (χ0v) is 15.6. The fourth-order valence-corrected chi connectivity index (χ4v) is 4.48. The number of nitrogens with zero attached hydrogens (tertiary/aromatic N) is 2. The number of para-hydroxylation sites is 1. The van der Waals surface area contributed by atoms with Crippen molar-refractivity contribution in [1.82, 2.24) is 0 Å². The molecule has 4 heteroatoms. The molecular formula is C24H22N2O2. The molecule has 28 heavy (non-hydrogen) atoms. The van der Waals surface area contributed by atoms with Crippen LogP contribution in [0.5, 0.6) is 0 Å². The molecule has 2 aromatic rings. The van der Waals surface area contributed by atoms with E-state index in [1.54, 1.807) is 12.1 Å². The number of benzene rings is 2. The summed E-state index contributed by atoms with van der Waals surface area (Å²) in [6, 6.07) is 18.7. The van der Waals surface area contributed by atoms with Gasteiger partial charge >= 0.3 is 5.97 Å². The minimum absolute atomic E-state index is 0.264. The summed E-state index contributed by atoms with van der Waals surface area (Å²) in [4.78, 5) is 13.4. The van der Waals surface area contributed by atoms with Crippen LogP contribution in [0.1, 0.15) is 36.3 Å². The molecular weight excluding hydrogens is 348 g/mol. The van der Waals surface area contributed by atoms with Crippen molar-refractivity contribution in [3.05, 3.63) is 77.4 Å². The summed E-state index contributed by atoms with van der Waals surface area (Å²) in [5, 5.41) is 17.8. The van der Waals surface area contributed by atoms with E-state index in [-0.39, 0.29) is 5.57 Å². The second-order valence-electron chi connectivity index (χ2n) is 7.42. The minimum Gasteiger partial charge on any atom is -0.477 e. The van der Waals surface area contributed by atoms with Crippen molar-refractivity contribution in [3.63, 3.8) is 0 Å². The molecule has 2 aromatic carbocycles. The highest BCUT2D eigenvalue weighted by Gasteiger charge is 2.37. The van der Waals surface area contributed by atoms with Crippen LogP contribution in [0.15, 0.2) is 66.3 Å². The molecule has 2 unspecified atom stereocenters. The zero-order valence-electron chi connectivity index (χ0n) is 15.6. The second kappa shape index (κ2) is 7.74. The summed E-state index contributed by atoms with van der Waals surface area (Å²) in [7, 11) is 0. The molecule has 1 aliphatic carbocycles. The quantitative estimate of drug-likeness (QED) is 0.452. The Morgan fingerprint density at radius 3 is 2.75 bits per heavy atom. The summed E-state index contributed by atoms with van der Waals surface area (Å²) < 4.78 is 0. The van der Waals surface area contributed by atoms with E-state index >= 15 is 0 Å². The van der Waals surface area contributed by atoms with Crippen LogP contribution in [0, 0.1) is 17.2 Å². The average Bonchev–Trinajstić information content (AvgIpc) is 3.20. The van der Waals surface area contributed by atoms with Crippen LogP contribution in [-0.2, 0) is 4.79 Å². The number of fused-ring (bicyclic) bond motifs is 3. The first-order chi connectivity index (χ1) is 13.7. The van der Waals surface area contributed by atoms with Crippen molar-refractivity contribution in [1.29, 1.82) is 5.26 Å².